The molecule has 0 spiro atoms. The fraction of sp³-hybridized carbons (Fsp3) is 0.273. The van der Waals surface area contributed by atoms with Gasteiger partial charge in [-0.05, 0) is 19.1 Å². The summed E-state index contributed by atoms with van der Waals surface area (Å²) in [4.78, 5) is 11.2. The smallest absolute Gasteiger partial charge is 0.250 e. The summed E-state index contributed by atoms with van der Waals surface area (Å²) in [5, 5.41) is 10.1. The number of aromatic amines is 1. The SMILES string of the molecule is CC(Nc1ccc(=O)n(C)c1)c1ccn[nH]1. The number of hydrogen-bond acceptors (Lipinski definition) is 3. The largest absolute Gasteiger partial charge is 0.376 e. The fourth-order valence-corrected chi connectivity index (χ4v) is 1.51. The molecule has 0 aromatic carbocycles. The first-order chi connectivity index (χ1) is 7.66. The maximum Gasteiger partial charge on any atom is 0.250 e. The molecule has 16 heavy (non-hydrogen) atoms. The topological polar surface area (TPSA) is 62.7 Å². The van der Waals surface area contributed by atoms with Crippen molar-refractivity contribution in [2.75, 3.05) is 5.32 Å². The van der Waals surface area contributed by atoms with Crippen molar-refractivity contribution in [1.29, 1.82) is 0 Å². The number of anilines is 1. The highest BCUT2D eigenvalue weighted by atomic mass is 16.1. The molecular weight excluding hydrogens is 204 g/mol. The molecule has 0 aliphatic rings. The number of nitrogens with zero attached hydrogens (tertiary/aromatic N) is 2. The third-order valence-corrected chi connectivity index (χ3v) is 2.46. The quantitative estimate of drug-likeness (QED) is 0.815. The molecule has 0 saturated heterocycles. The van der Waals surface area contributed by atoms with Gasteiger partial charge in [-0.3, -0.25) is 9.89 Å². The third kappa shape index (κ3) is 2.13. The van der Waals surface area contributed by atoms with E-state index in [9.17, 15) is 4.79 Å². The zero-order valence-electron chi connectivity index (χ0n) is 9.27. The normalized spacial score (nSPS) is 12.4. The van der Waals surface area contributed by atoms with Gasteiger partial charge >= 0.3 is 0 Å². The number of hydrogen-bond donors (Lipinski definition) is 2. The summed E-state index contributed by atoms with van der Waals surface area (Å²) in [6.07, 6.45) is 3.49. The van der Waals surface area contributed by atoms with E-state index in [1.54, 1.807) is 36.1 Å². The molecule has 0 radical (unpaired) electrons. The number of aromatic nitrogens is 3. The summed E-state index contributed by atoms with van der Waals surface area (Å²) in [6, 6.07) is 5.36. The lowest BCUT2D eigenvalue weighted by atomic mass is 10.2. The standard InChI is InChI=1S/C11H14N4O/c1-8(10-5-6-12-14-10)13-9-3-4-11(16)15(2)7-9/h3-8,13H,1-2H3,(H,12,14). The Morgan fingerprint density at radius 3 is 2.88 bits per heavy atom. The highest BCUT2D eigenvalue weighted by molar-refractivity contribution is 5.42. The number of H-pyrrole nitrogens is 1. The second-order valence-electron chi connectivity index (χ2n) is 3.74. The Morgan fingerprint density at radius 2 is 2.25 bits per heavy atom. The molecule has 2 aromatic heterocycles. The first kappa shape index (κ1) is 10.5. The number of pyridine rings is 1. The van der Waals surface area contributed by atoms with Gasteiger partial charge in [-0.2, -0.15) is 5.10 Å². The average Bonchev–Trinajstić information content (AvgIpc) is 2.77. The van der Waals surface area contributed by atoms with Gasteiger partial charge < -0.3 is 9.88 Å². The van der Waals surface area contributed by atoms with Crippen LogP contribution in [0, 0.1) is 0 Å². The van der Waals surface area contributed by atoms with Crippen LogP contribution in [0.25, 0.3) is 0 Å². The minimum Gasteiger partial charge on any atom is -0.376 e. The molecule has 2 rings (SSSR count). The number of rotatable bonds is 3. The van der Waals surface area contributed by atoms with E-state index in [1.165, 1.54) is 0 Å². The fourth-order valence-electron chi connectivity index (χ4n) is 1.51. The molecule has 84 valence electrons. The zero-order valence-corrected chi connectivity index (χ0v) is 9.27. The van der Waals surface area contributed by atoms with Crippen LogP contribution in [-0.2, 0) is 7.05 Å². The van der Waals surface area contributed by atoms with Crippen molar-refractivity contribution in [1.82, 2.24) is 14.8 Å². The first-order valence-electron chi connectivity index (χ1n) is 5.09. The summed E-state index contributed by atoms with van der Waals surface area (Å²) in [7, 11) is 1.73. The van der Waals surface area contributed by atoms with Gasteiger partial charge in [-0.1, -0.05) is 0 Å². The predicted molar refractivity (Wildman–Crippen MR) is 62.3 cm³/mol. The van der Waals surface area contributed by atoms with E-state index in [0.29, 0.717) is 0 Å². The Bertz CT molecular complexity index is 515. The minimum absolute atomic E-state index is 0.0141. The molecule has 5 nitrogen and oxygen atoms in total. The highest BCUT2D eigenvalue weighted by Crippen LogP contribution is 2.15. The second-order valence-corrected chi connectivity index (χ2v) is 3.74. The molecule has 1 atom stereocenters. The van der Waals surface area contributed by atoms with E-state index >= 15 is 0 Å². The summed E-state index contributed by atoms with van der Waals surface area (Å²) < 4.78 is 1.54. The van der Waals surface area contributed by atoms with E-state index in [-0.39, 0.29) is 11.6 Å². The van der Waals surface area contributed by atoms with Gasteiger partial charge in [0.2, 0.25) is 5.56 Å². The monoisotopic (exact) mass is 218 g/mol. The predicted octanol–water partition coefficient (Wildman–Crippen LogP) is 1.28. The van der Waals surface area contributed by atoms with Gasteiger partial charge in [0.25, 0.3) is 0 Å². The number of nitrogens with one attached hydrogen (secondary N) is 2. The van der Waals surface area contributed by atoms with Gasteiger partial charge in [-0.15, -0.1) is 0 Å². The molecule has 2 aromatic rings. The van der Waals surface area contributed by atoms with Crippen molar-refractivity contribution >= 4 is 5.69 Å². The van der Waals surface area contributed by atoms with Crippen LogP contribution in [0.2, 0.25) is 0 Å². The van der Waals surface area contributed by atoms with Gasteiger partial charge in [-0.25, -0.2) is 0 Å². The second kappa shape index (κ2) is 4.22. The van der Waals surface area contributed by atoms with E-state index in [2.05, 4.69) is 15.5 Å². The van der Waals surface area contributed by atoms with E-state index in [0.717, 1.165) is 11.4 Å². The summed E-state index contributed by atoms with van der Waals surface area (Å²) in [6.45, 7) is 2.03. The van der Waals surface area contributed by atoms with E-state index in [4.69, 9.17) is 0 Å². The van der Waals surface area contributed by atoms with Crippen LogP contribution in [0.4, 0.5) is 5.69 Å². The van der Waals surface area contributed by atoms with Gasteiger partial charge in [0.05, 0.1) is 17.4 Å². The maximum absolute atomic E-state index is 11.2. The molecule has 0 saturated carbocycles. The lowest BCUT2D eigenvalue weighted by Gasteiger charge is -2.13. The van der Waals surface area contributed by atoms with Crippen LogP contribution in [0.3, 0.4) is 0 Å². The Kier molecular flexibility index (Phi) is 2.76. The third-order valence-electron chi connectivity index (χ3n) is 2.46. The van der Waals surface area contributed by atoms with Crippen molar-refractivity contribution in [3.8, 4) is 0 Å². The Hall–Kier alpha value is -2.04. The summed E-state index contributed by atoms with van der Waals surface area (Å²) in [5.41, 5.74) is 1.90. The zero-order chi connectivity index (χ0) is 11.5. The lowest BCUT2D eigenvalue weighted by molar-refractivity contribution is 0.811. The molecular formula is C11H14N4O. The molecule has 1 unspecified atom stereocenters. The molecule has 0 fully saturated rings. The average molecular weight is 218 g/mol. The van der Waals surface area contributed by atoms with Crippen LogP contribution in [0.1, 0.15) is 18.7 Å². The van der Waals surface area contributed by atoms with E-state index in [1.807, 2.05) is 13.0 Å². The minimum atomic E-state index is -0.0141. The van der Waals surface area contributed by atoms with Crippen molar-refractivity contribution in [3.05, 3.63) is 46.6 Å². The lowest BCUT2D eigenvalue weighted by Crippen LogP contribution is -2.16. The summed E-state index contributed by atoms with van der Waals surface area (Å²) >= 11 is 0. The Morgan fingerprint density at radius 1 is 1.44 bits per heavy atom. The van der Waals surface area contributed by atoms with Gasteiger partial charge in [0.15, 0.2) is 0 Å². The summed E-state index contributed by atoms with van der Waals surface area (Å²) in [5.74, 6) is 0. The molecule has 0 bridgehead atoms. The van der Waals surface area contributed by atoms with Crippen molar-refractivity contribution < 1.29 is 0 Å². The van der Waals surface area contributed by atoms with Crippen LogP contribution >= 0.6 is 0 Å². The highest BCUT2D eigenvalue weighted by Gasteiger charge is 2.06. The van der Waals surface area contributed by atoms with Crippen LogP contribution in [-0.4, -0.2) is 14.8 Å². The molecule has 2 heterocycles. The molecule has 0 aliphatic heterocycles. The Labute approximate surface area is 93.1 Å². The van der Waals surface area contributed by atoms with Gasteiger partial charge in [0, 0.05) is 25.5 Å². The van der Waals surface area contributed by atoms with Crippen molar-refractivity contribution in [2.24, 2.45) is 7.05 Å². The van der Waals surface area contributed by atoms with E-state index < -0.39 is 0 Å². The van der Waals surface area contributed by atoms with Crippen molar-refractivity contribution in [2.45, 2.75) is 13.0 Å². The van der Waals surface area contributed by atoms with Gasteiger partial charge in [0.1, 0.15) is 0 Å². The molecule has 0 aliphatic carbocycles. The maximum atomic E-state index is 11.2. The van der Waals surface area contributed by atoms with Crippen LogP contribution < -0.4 is 10.9 Å². The molecule has 2 N–H and O–H groups in total. The van der Waals surface area contributed by atoms with Crippen LogP contribution in [0.5, 0.6) is 0 Å². The first-order valence-corrected chi connectivity index (χ1v) is 5.09. The Balaban J connectivity index is 2.15. The molecule has 0 amide bonds. The molecule has 5 heteroatoms. The van der Waals surface area contributed by atoms with Crippen molar-refractivity contribution in [3.63, 3.8) is 0 Å². The van der Waals surface area contributed by atoms with Crippen LogP contribution in [0.15, 0.2) is 35.4 Å². The number of aryl methyl sites for hydroxylation is 1.